The summed E-state index contributed by atoms with van der Waals surface area (Å²) in [5.74, 6) is -0.359. The van der Waals surface area contributed by atoms with Crippen molar-refractivity contribution in [2.24, 2.45) is 5.73 Å². The summed E-state index contributed by atoms with van der Waals surface area (Å²) in [7, 11) is 0. The predicted molar refractivity (Wildman–Crippen MR) is 106 cm³/mol. The summed E-state index contributed by atoms with van der Waals surface area (Å²) in [6, 6.07) is 17.3. The molecule has 0 aromatic heterocycles. The highest BCUT2D eigenvalue weighted by Gasteiger charge is 2.28. The third kappa shape index (κ3) is 3.61. The van der Waals surface area contributed by atoms with Gasteiger partial charge in [-0.25, -0.2) is 0 Å². The van der Waals surface area contributed by atoms with Gasteiger partial charge in [-0.2, -0.15) is 0 Å². The van der Waals surface area contributed by atoms with E-state index in [1.807, 2.05) is 24.3 Å². The quantitative estimate of drug-likeness (QED) is 0.903. The molecule has 4 nitrogen and oxygen atoms in total. The van der Waals surface area contributed by atoms with E-state index in [-0.39, 0.29) is 5.91 Å². The molecule has 2 N–H and O–H groups in total. The van der Waals surface area contributed by atoms with E-state index in [1.165, 1.54) is 55.7 Å². The number of likely N-dealkylation sites (tertiary alicyclic amines) is 1. The average molecular weight is 349 g/mol. The van der Waals surface area contributed by atoms with Crippen molar-refractivity contribution < 1.29 is 4.79 Å². The molecule has 2 aliphatic heterocycles. The molecule has 0 spiro atoms. The molecular weight excluding hydrogens is 322 g/mol. The lowest BCUT2D eigenvalue weighted by atomic mass is 10.0. The molecular formula is C22H27N3O. The summed E-state index contributed by atoms with van der Waals surface area (Å²) in [6.07, 6.45) is 4.71. The Morgan fingerprint density at radius 2 is 1.73 bits per heavy atom. The Morgan fingerprint density at radius 3 is 2.46 bits per heavy atom. The molecule has 2 aromatic rings. The number of amides is 1. The van der Waals surface area contributed by atoms with Gasteiger partial charge in [-0.1, -0.05) is 30.3 Å². The van der Waals surface area contributed by atoms with Gasteiger partial charge in [0.25, 0.3) is 0 Å². The van der Waals surface area contributed by atoms with Crippen LogP contribution in [0.15, 0.2) is 48.5 Å². The van der Waals surface area contributed by atoms with Gasteiger partial charge in [-0.3, -0.25) is 4.79 Å². The highest BCUT2D eigenvalue weighted by molar-refractivity contribution is 5.92. The van der Waals surface area contributed by atoms with Crippen molar-refractivity contribution in [1.82, 2.24) is 4.90 Å². The molecule has 2 aromatic carbocycles. The minimum Gasteiger partial charge on any atom is -0.368 e. The number of carbonyl (C=O) groups is 1. The third-order valence-electron chi connectivity index (χ3n) is 5.88. The van der Waals surface area contributed by atoms with E-state index in [9.17, 15) is 4.79 Å². The largest absolute Gasteiger partial charge is 0.368 e. The van der Waals surface area contributed by atoms with Gasteiger partial charge in [-0.15, -0.1) is 0 Å². The summed E-state index contributed by atoms with van der Waals surface area (Å²) in [6.45, 7) is 4.60. The Bertz CT molecular complexity index is 763. The summed E-state index contributed by atoms with van der Waals surface area (Å²) in [4.78, 5) is 16.3. The maximum atomic E-state index is 11.1. The van der Waals surface area contributed by atoms with E-state index in [0.29, 0.717) is 11.6 Å². The average Bonchev–Trinajstić information content (AvgIpc) is 3.11. The first-order chi connectivity index (χ1) is 12.7. The molecule has 1 amide bonds. The number of para-hydroxylation sites is 1. The van der Waals surface area contributed by atoms with E-state index < -0.39 is 0 Å². The van der Waals surface area contributed by atoms with Gasteiger partial charge in [0.05, 0.1) is 0 Å². The summed E-state index contributed by atoms with van der Waals surface area (Å²) >= 11 is 0. The van der Waals surface area contributed by atoms with E-state index >= 15 is 0 Å². The van der Waals surface area contributed by atoms with Crippen LogP contribution >= 0.6 is 0 Å². The zero-order chi connectivity index (χ0) is 17.9. The number of carbonyl (C=O) groups excluding carboxylic acids is 1. The van der Waals surface area contributed by atoms with Crippen LogP contribution in [0.1, 0.15) is 34.3 Å². The molecule has 2 aliphatic rings. The molecule has 0 saturated carbocycles. The van der Waals surface area contributed by atoms with Crippen molar-refractivity contribution in [3.63, 3.8) is 0 Å². The number of nitrogens with two attached hydrogens (primary N) is 1. The number of primary amides is 1. The lowest BCUT2D eigenvalue weighted by Gasteiger charge is -2.38. The summed E-state index contributed by atoms with van der Waals surface area (Å²) in [5.41, 5.74) is 10.1. The van der Waals surface area contributed by atoms with Crippen LogP contribution in [0.25, 0.3) is 0 Å². The first kappa shape index (κ1) is 17.1. The molecule has 2 heterocycles. The number of nitrogens with zero attached hydrogens (tertiary/aromatic N) is 2. The van der Waals surface area contributed by atoms with Gasteiger partial charge < -0.3 is 15.5 Å². The second-order valence-electron chi connectivity index (χ2n) is 7.46. The van der Waals surface area contributed by atoms with Crippen LogP contribution in [-0.2, 0) is 12.8 Å². The Balaban J connectivity index is 1.27. The minimum absolute atomic E-state index is 0.359. The standard InChI is InChI=1S/C22H27N3O/c23-22(26)19-7-5-17(6-8-19)9-13-24-14-11-20(12-15-24)25-16-10-18-3-1-2-4-21(18)25/h1-8,20H,9-16H2,(H2,23,26). The maximum absolute atomic E-state index is 11.1. The van der Waals surface area contributed by atoms with Crippen molar-refractivity contribution in [3.8, 4) is 0 Å². The second-order valence-corrected chi connectivity index (χ2v) is 7.46. The first-order valence-corrected chi connectivity index (χ1v) is 9.66. The van der Waals surface area contributed by atoms with Gasteiger partial charge in [0, 0.05) is 43.5 Å². The molecule has 0 aliphatic carbocycles. The fraction of sp³-hybridized carbons (Fsp3) is 0.409. The molecule has 0 atom stereocenters. The van der Waals surface area contributed by atoms with Crippen LogP contribution in [0.3, 0.4) is 0 Å². The molecule has 136 valence electrons. The van der Waals surface area contributed by atoms with Gasteiger partial charge in [0.15, 0.2) is 0 Å². The monoisotopic (exact) mass is 349 g/mol. The number of hydrogen-bond donors (Lipinski definition) is 1. The van der Waals surface area contributed by atoms with Crippen LogP contribution in [0, 0.1) is 0 Å². The van der Waals surface area contributed by atoms with E-state index in [4.69, 9.17) is 5.73 Å². The highest BCUT2D eigenvalue weighted by atomic mass is 16.1. The lowest BCUT2D eigenvalue weighted by molar-refractivity contribution is 0.100. The normalized spacial score (nSPS) is 18.1. The second kappa shape index (κ2) is 7.50. The van der Waals surface area contributed by atoms with Crippen LogP contribution in [0.4, 0.5) is 5.69 Å². The molecule has 4 rings (SSSR count). The fourth-order valence-corrected chi connectivity index (χ4v) is 4.32. The maximum Gasteiger partial charge on any atom is 0.248 e. The molecule has 1 saturated heterocycles. The van der Waals surface area contributed by atoms with Crippen molar-refractivity contribution in [2.75, 3.05) is 31.1 Å². The van der Waals surface area contributed by atoms with E-state index in [1.54, 1.807) is 0 Å². The lowest BCUT2D eigenvalue weighted by Crippen LogP contribution is -2.44. The Hall–Kier alpha value is -2.33. The van der Waals surface area contributed by atoms with Crippen LogP contribution < -0.4 is 10.6 Å². The smallest absolute Gasteiger partial charge is 0.248 e. The molecule has 26 heavy (non-hydrogen) atoms. The number of benzene rings is 2. The number of anilines is 1. The van der Waals surface area contributed by atoms with Crippen molar-refractivity contribution >= 4 is 11.6 Å². The number of piperidine rings is 1. The predicted octanol–water partition coefficient (Wildman–Crippen LogP) is 2.86. The Labute approximate surface area is 155 Å². The molecule has 0 unspecified atom stereocenters. The van der Waals surface area contributed by atoms with Crippen molar-refractivity contribution in [1.29, 1.82) is 0 Å². The van der Waals surface area contributed by atoms with Crippen LogP contribution in [0.2, 0.25) is 0 Å². The first-order valence-electron chi connectivity index (χ1n) is 9.66. The number of fused-ring (bicyclic) bond motifs is 1. The van der Waals surface area contributed by atoms with Crippen LogP contribution in [0.5, 0.6) is 0 Å². The van der Waals surface area contributed by atoms with Gasteiger partial charge in [0.2, 0.25) is 5.91 Å². The van der Waals surface area contributed by atoms with E-state index in [0.717, 1.165) is 13.0 Å². The third-order valence-corrected chi connectivity index (χ3v) is 5.88. The zero-order valence-electron chi connectivity index (χ0n) is 15.2. The fourth-order valence-electron chi connectivity index (χ4n) is 4.32. The van der Waals surface area contributed by atoms with Crippen molar-refractivity contribution in [3.05, 3.63) is 65.2 Å². The van der Waals surface area contributed by atoms with Gasteiger partial charge >= 0.3 is 0 Å². The zero-order valence-corrected chi connectivity index (χ0v) is 15.2. The Morgan fingerprint density at radius 1 is 1.00 bits per heavy atom. The summed E-state index contributed by atoms with van der Waals surface area (Å²) in [5, 5.41) is 0. The molecule has 0 radical (unpaired) electrons. The topological polar surface area (TPSA) is 49.6 Å². The number of rotatable bonds is 5. The SMILES string of the molecule is NC(=O)c1ccc(CCN2CCC(N3CCc4ccccc43)CC2)cc1. The number of hydrogen-bond acceptors (Lipinski definition) is 3. The molecule has 1 fully saturated rings. The van der Waals surface area contributed by atoms with Gasteiger partial charge in [-0.05, 0) is 55.0 Å². The highest BCUT2D eigenvalue weighted by Crippen LogP contribution is 2.32. The van der Waals surface area contributed by atoms with Gasteiger partial charge in [0.1, 0.15) is 0 Å². The molecule has 0 bridgehead atoms. The van der Waals surface area contributed by atoms with Crippen LogP contribution in [-0.4, -0.2) is 43.0 Å². The summed E-state index contributed by atoms with van der Waals surface area (Å²) < 4.78 is 0. The minimum atomic E-state index is -0.359. The van der Waals surface area contributed by atoms with E-state index in [2.05, 4.69) is 34.1 Å². The molecule has 4 heteroatoms. The Kier molecular flexibility index (Phi) is 4.93. The van der Waals surface area contributed by atoms with Crippen molar-refractivity contribution in [2.45, 2.75) is 31.7 Å².